The predicted molar refractivity (Wildman–Crippen MR) is 129 cm³/mol. The van der Waals surface area contributed by atoms with Crippen molar-refractivity contribution >= 4 is 45.7 Å². The number of hydrogen-bond acceptors (Lipinski definition) is 6. The quantitative estimate of drug-likeness (QED) is 0.259. The summed E-state index contributed by atoms with van der Waals surface area (Å²) in [5.41, 5.74) is 6.53. The molecule has 0 saturated carbocycles. The monoisotopic (exact) mass is 448 g/mol. The van der Waals surface area contributed by atoms with Crippen LogP contribution >= 0.6 is 11.8 Å². The minimum absolute atomic E-state index is 0.208. The average molecular weight is 449 g/mol. The van der Waals surface area contributed by atoms with Crippen LogP contribution in [0.15, 0.2) is 58.8 Å². The maximum atomic E-state index is 12.3. The summed E-state index contributed by atoms with van der Waals surface area (Å²) in [6, 6.07) is 15.6. The maximum absolute atomic E-state index is 12.3. The molecule has 4 aromatic rings. The van der Waals surface area contributed by atoms with Gasteiger partial charge in [0.15, 0.2) is 5.16 Å². The third-order valence-electron chi connectivity index (χ3n) is 5.15. The number of carbonyl (C=O) groups excluding carboxylic acids is 1. The number of nitrogens with zero attached hydrogens (tertiary/aromatic N) is 3. The molecule has 0 aliphatic rings. The van der Waals surface area contributed by atoms with E-state index in [4.69, 9.17) is 9.47 Å². The van der Waals surface area contributed by atoms with Crippen molar-refractivity contribution < 1.29 is 14.3 Å². The summed E-state index contributed by atoms with van der Waals surface area (Å²) in [4.78, 5) is 17.0. The zero-order valence-electron chi connectivity index (χ0n) is 18.4. The second-order valence-corrected chi connectivity index (χ2v) is 8.21. The molecule has 1 N–H and O–H groups in total. The van der Waals surface area contributed by atoms with Crippen molar-refractivity contribution in [3.8, 4) is 11.5 Å². The molecule has 0 fully saturated rings. The molecule has 32 heavy (non-hydrogen) atoms. The van der Waals surface area contributed by atoms with Gasteiger partial charge >= 0.3 is 0 Å². The Morgan fingerprint density at radius 1 is 1.16 bits per heavy atom. The molecule has 0 aliphatic carbocycles. The molecule has 7 nitrogen and oxygen atoms in total. The molecule has 0 radical (unpaired) electrons. The van der Waals surface area contributed by atoms with Crippen molar-refractivity contribution in [2.24, 2.45) is 12.1 Å². The Kier molecular flexibility index (Phi) is 6.32. The van der Waals surface area contributed by atoms with Gasteiger partial charge in [0.2, 0.25) is 0 Å². The first-order valence-electron chi connectivity index (χ1n) is 10.0. The van der Waals surface area contributed by atoms with Gasteiger partial charge in [0, 0.05) is 23.4 Å². The molecule has 0 spiro atoms. The number of hydrogen-bond donors (Lipinski definition) is 1. The number of ether oxygens (including phenoxy) is 2. The van der Waals surface area contributed by atoms with Crippen LogP contribution in [0.5, 0.6) is 11.5 Å². The number of nitrogens with one attached hydrogen (secondary N) is 1. The van der Waals surface area contributed by atoms with Crippen molar-refractivity contribution in [2.75, 3.05) is 20.0 Å². The fraction of sp³-hybridized carbons (Fsp3) is 0.208. The Bertz CT molecular complexity index is 1330. The van der Waals surface area contributed by atoms with Crippen LogP contribution in [0.25, 0.3) is 21.8 Å². The third-order valence-corrected chi connectivity index (χ3v) is 6.18. The van der Waals surface area contributed by atoms with Gasteiger partial charge in [-0.1, -0.05) is 30.0 Å². The first kappa shape index (κ1) is 21.7. The van der Waals surface area contributed by atoms with Gasteiger partial charge in [-0.05, 0) is 42.8 Å². The highest BCUT2D eigenvalue weighted by atomic mass is 32.2. The number of thioether (sulfide) groups is 1. The van der Waals surface area contributed by atoms with E-state index in [2.05, 4.69) is 21.6 Å². The standard InChI is InChI=1S/C24H24N4O3S/c1-15-8-10-19-18(12-15)26-24(28(19)2)32-14-22(29)27-25-13-16-9-11-20(30-3)17-6-5-7-21(31-4)23(16)17/h5-13H,14H2,1-4H3,(H,27,29). The highest BCUT2D eigenvalue weighted by molar-refractivity contribution is 7.99. The fourth-order valence-electron chi connectivity index (χ4n) is 3.58. The minimum atomic E-state index is -0.209. The molecule has 0 atom stereocenters. The van der Waals surface area contributed by atoms with Crippen molar-refractivity contribution in [2.45, 2.75) is 12.1 Å². The molecule has 164 valence electrons. The predicted octanol–water partition coefficient (Wildman–Crippen LogP) is 4.29. The molecule has 4 rings (SSSR count). The van der Waals surface area contributed by atoms with Gasteiger partial charge in [0.25, 0.3) is 5.91 Å². The number of benzene rings is 3. The Hall–Kier alpha value is -3.52. The van der Waals surface area contributed by atoms with Crippen molar-refractivity contribution in [3.05, 3.63) is 59.7 Å². The maximum Gasteiger partial charge on any atom is 0.250 e. The number of hydrazone groups is 1. The molecule has 0 bridgehead atoms. The van der Waals surface area contributed by atoms with E-state index in [9.17, 15) is 4.79 Å². The first-order chi connectivity index (χ1) is 15.5. The lowest BCUT2D eigenvalue weighted by Gasteiger charge is -2.11. The smallest absolute Gasteiger partial charge is 0.250 e. The van der Waals surface area contributed by atoms with Crippen molar-refractivity contribution in [3.63, 3.8) is 0 Å². The number of aromatic nitrogens is 2. The number of methoxy groups -OCH3 is 2. The van der Waals surface area contributed by atoms with Crippen molar-refractivity contribution in [1.82, 2.24) is 15.0 Å². The third kappa shape index (κ3) is 4.27. The topological polar surface area (TPSA) is 77.7 Å². The van der Waals surface area contributed by atoms with E-state index in [-0.39, 0.29) is 11.7 Å². The second-order valence-electron chi connectivity index (χ2n) is 7.27. The lowest BCUT2D eigenvalue weighted by Crippen LogP contribution is -2.19. The van der Waals surface area contributed by atoms with Crippen LogP contribution in [0.4, 0.5) is 0 Å². The van der Waals surface area contributed by atoms with E-state index < -0.39 is 0 Å². The van der Waals surface area contributed by atoms with Crippen LogP contribution in [0.3, 0.4) is 0 Å². The minimum Gasteiger partial charge on any atom is -0.496 e. The Morgan fingerprint density at radius 3 is 2.75 bits per heavy atom. The number of aryl methyl sites for hydroxylation is 2. The van der Waals surface area contributed by atoms with Gasteiger partial charge in [0.1, 0.15) is 11.5 Å². The van der Waals surface area contributed by atoms with Crippen LogP contribution in [0.1, 0.15) is 11.1 Å². The summed E-state index contributed by atoms with van der Waals surface area (Å²) in [6.45, 7) is 2.04. The number of imidazole rings is 1. The SMILES string of the molecule is COc1ccc(C=NNC(=O)CSc2nc3cc(C)ccc3n2C)c2c(OC)cccc12. The normalized spacial score (nSPS) is 11.4. The van der Waals surface area contributed by atoms with E-state index >= 15 is 0 Å². The van der Waals surface area contributed by atoms with E-state index in [1.807, 2.05) is 61.0 Å². The second kappa shape index (κ2) is 9.32. The van der Waals surface area contributed by atoms with Gasteiger partial charge < -0.3 is 14.0 Å². The van der Waals surface area contributed by atoms with Gasteiger partial charge in [-0.2, -0.15) is 5.10 Å². The fourth-order valence-corrected chi connectivity index (χ4v) is 4.36. The summed E-state index contributed by atoms with van der Waals surface area (Å²) in [5.74, 6) is 1.45. The molecule has 1 heterocycles. The zero-order chi connectivity index (χ0) is 22.7. The molecule has 0 aliphatic heterocycles. The van der Waals surface area contributed by atoms with Crippen LogP contribution in [0.2, 0.25) is 0 Å². The van der Waals surface area contributed by atoms with Crippen LogP contribution in [0, 0.1) is 6.92 Å². The number of rotatable bonds is 7. The lowest BCUT2D eigenvalue weighted by molar-refractivity contribution is -0.118. The Labute approximate surface area is 190 Å². The molecule has 1 amide bonds. The van der Waals surface area contributed by atoms with Crippen LogP contribution in [-0.4, -0.2) is 41.6 Å². The van der Waals surface area contributed by atoms with Gasteiger partial charge in [-0.3, -0.25) is 4.79 Å². The summed E-state index contributed by atoms with van der Waals surface area (Å²) < 4.78 is 13.0. The molecule has 3 aromatic carbocycles. The van der Waals surface area contributed by atoms with E-state index in [0.29, 0.717) is 5.75 Å². The summed E-state index contributed by atoms with van der Waals surface area (Å²) in [5, 5.41) is 6.72. The van der Waals surface area contributed by atoms with Gasteiger partial charge in [-0.15, -0.1) is 0 Å². The zero-order valence-corrected chi connectivity index (χ0v) is 19.2. The first-order valence-corrected chi connectivity index (χ1v) is 11.0. The van der Waals surface area contributed by atoms with E-state index in [1.54, 1.807) is 20.4 Å². The van der Waals surface area contributed by atoms with Crippen LogP contribution < -0.4 is 14.9 Å². The molecule has 0 saturated heterocycles. The lowest BCUT2D eigenvalue weighted by atomic mass is 10.0. The highest BCUT2D eigenvalue weighted by Gasteiger charge is 2.12. The number of amides is 1. The summed E-state index contributed by atoms with van der Waals surface area (Å²) >= 11 is 1.38. The van der Waals surface area contributed by atoms with E-state index in [0.717, 1.165) is 43.8 Å². The summed E-state index contributed by atoms with van der Waals surface area (Å²) in [6.07, 6.45) is 1.62. The average Bonchev–Trinajstić information content (AvgIpc) is 3.11. The van der Waals surface area contributed by atoms with Gasteiger partial charge in [-0.25, -0.2) is 10.4 Å². The summed E-state index contributed by atoms with van der Waals surface area (Å²) in [7, 11) is 5.20. The highest BCUT2D eigenvalue weighted by Crippen LogP contribution is 2.34. The number of carbonyl (C=O) groups is 1. The van der Waals surface area contributed by atoms with Gasteiger partial charge in [0.05, 0.1) is 37.2 Å². The molecular formula is C24H24N4O3S. The molecule has 8 heteroatoms. The van der Waals surface area contributed by atoms with Crippen molar-refractivity contribution in [1.29, 1.82) is 0 Å². The van der Waals surface area contributed by atoms with Crippen LogP contribution in [-0.2, 0) is 11.8 Å². The molecule has 1 aromatic heterocycles. The molecular weight excluding hydrogens is 424 g/mol. The number of fused-ring (bicyclic) bond motifs is 2. The van der Waals surface area contributed by atoms with E-state index in [1.165, 1.54) is 11.8 Å². The Balaban J connectivity index is 1.46. The largest absolute Gasteiger partial charge is 0.496 e. The Morgan fingerprint density at radius 2 is 1.97 bits per heavy atom. The molecule has 0 unspecified atom stereocenters.